The molecule has 1 aromatic rings. The van der Waals surface area contributed by atoms with E-state index in [4.69, 9.17) is 0 Å². The van der Waals surface area contributed by atoms with E-state index in [9.17, 15) is 4.79 Å². The first-order valence-corrected chi connectivity index (χ1v) is 6.98. The largest absolute Gasteiger partial charge is 0.382 e. The quantitative estimate of drug-likeness (QED) is 0.677. The Morgan fingerprint density at radius 2 is 2.21 bits per heavy atom. The van der Waals surface area contributed by atoms with E-state index < -0.39 is 0 Å². The van der Waals surface area contributed by atoms with Gasteiger partial charge in [-0.25, -0.2) is 0 Å². The molecule has 0 saturated heterocycles. The summed E-state index contributed by atoms with van der Waals surface area (Å²) in [7, 11) is 0. The topological polar surface area (TPSA) is 53.2 Å². The van der Waals surface area contributed by atoms with Gasteiger partial charge in [0.25, 0.3) is 0 Å². The summed E-state index contributed by atoms with van der Waals surface area (Å²) in [6.45, 7) is 6.22. The zero-order valence-corrected chi connectivity index (χ0v) is 11.8. The van der Waals surface area contributed by atoms with Crippen LogP contribution in [0, 0.1) is 0 Å². The maximum absolute atomic E-state index is 10.7. The second kappa shape index (κ2) is 6.57. The van der Waals surface area contributed by atoms with Crippen LogP contribution >= 0.6 is 0 Å². The Morgan fingerprint density at radius 1 is 1.37 bits per heavy atom. The number of benzene rings is 1. The van der Waals surface area contributed by atoms with E-state index >= 15 is 0 Å². The van der Waals surface area contributed by atoms with Crippen LogP contribution in [-0.2, 0) is 17.6 Å². The van der Waals surface area contributed by atoms with Crippen molar-refractivity contribution >= 4 is 11.6 Å². The van der Waals surface area contributed by atoms with Gasteiger partial charge in [-0.15, -0.1) is 0 Å². The smallest absolute Gasteiger partial charge is 0.216 e. The van der Waals surface area contributed by atoms with Crippen molar-refractivity contribution in [3.63, 3.8) is 0 Å². The number of amides is 1. The van der Waals surface area contributed by atoms with Gasteiger partial charge in [0.2, 0.25) is 5.91 Å². The minimum Gasteiger partial charge on any atom is -0.382 e. The zero-order chi connectivity index (χ0) is 13.7. The predicted molar refractivity (Wildman–Crippen MR) is 78.5 cm³/mol. The number of carbonyl (C=O) groups excluding carboxylic acids is 1. The number of fused-ring (bicyclic) bond motifs is 1. The van der Waals surface area contributed by atoms with Gasteiger partial charge >= 0.3 is 0 Å². The minimum absolute atomic E-state index is 0.0297. The third-order valence-electron chi connectivity index (χ3n) is 3.36. The van der Waals surface area contributed by atoms with Crippen molar-refractivity contribution in [2.24, 2.45) is 0 Å². The molecule has 1 amide bonds. The van der Waals surface area contributed by atoms with Gasteiger partial charge in [-0.3, -0.25) is 4.79 Å². The van der Waals surface area contributed by atoms with Crippen LogP contribution in [0.4, 0.5) is 5.69 Å². The molecule has 3 N–H and O–H groups in total. The summed E-state index contributed by atoms with van der Waals surface area (Å²) in [4.78, 5) is 10.7. The van der Waals surface area contributed by atoms with Gasteiger partial charge in [-0.05, 0) is 43.5 Å². The third-order valence-corrected chi connectivity index (χ3v) is 3.36. The second-order valence-electron chi connectivity index (χ2n) is 5.22. The van der Waals surface area contributed by atoms with Crippen molar-refractivity contribution in [2.75, 3.05) is 25.0 Å². The summed E-state index contributed by atoms with van der Waals surface area (Å²) < 4.78 is 0. The molecular formula is C15H23N3O. The molecule has 4 nitrogen and oxygen atoms in total. The highest BCUT2D eigenvalue weighted by Gasteiger charge is 2.16. The van der Waals surface area contributed by atoms with Crippen molar-refractivity contribution < 1.29 is 4.79 Å². The lowest BCUT2D eigenvalue weighted by Crippen LogP contribution is -2.31. The minimum atomic E-state index is 0.0297. The first-order chi connectivity index (χ1) is 9.15. The van der Waals surface area contributed by atoms with Crippen molar-refractivity contribution in [3.8, 4) is 0 Å². The molecule has 0 aromatic heterocycles. The number of nitrogens with one attached hydrogen (secondary N) is 3. The number of hydrogen-bond acceptors (Lipinski definition) is 3. The molecule has 104 valence electrons. The first-order valence-electron chi connectivity index (χ1n) is 6.98. The normalized spacial score (nSPS) is 16.8. The molecule has 1 unspecified atom stereocenters. The fourth-order valence-electron chi connectivity index (χ4n) is 2.44. The molecule has 19 heavy (non-hydrogen) atoms. The average Bonchev–Trinajstić information content (AvgIpc) is 2.72. The Labute approximate surface area is 115 Å². The van der Waals surface area contributed by atoms with Crippen LogP contribution in [0.25, 0.3) is 0 Å². The van der Waals surface area contributed by atoms with Gasteiger partial charge in [0, 0.05) is 31.7 Å². The average molecular weight is 261 g/mol. The number of carbonyl (C=O) groups is 1. The van der Waals surface area contributed by atoms with Gasteiger partial charge in [0.05, 0.1) is 0 Å². The van der Waals surface area contributed by atoms with Gasteiger partial charge in [-0.1, -0.05) is 12.1 Å². The van der Waals surface area contributed by atoms with Crippen LogP contribution in [0.15, 0.2) is 18.2 Å². The molecule has 1 heterocycles. The maximum Gasteiger partial charge on any atom is 0.216 e. The fourth-order valence-corrected chi connectivity index (χ4v) is 2.44. The van der Waals surface area contributed by atoms with Gasteiger partial charge in [0.1, 0.15) is 0 Å². The monoisotopic (exact) mass is 261 g/mol. The van der Waals surface area contributed by atoms with Gasteiger partial charge in [-0.2, -0.15) is 0 Å². The highest BCUT2D eigenvalue weighted by atomic mass is 16.1. The summed E-state index contributed by atoms with van der Waals surface area (Å²) in [5.74, 6) is 0.0297. The van der Waals surface area contributed by atoms with E-state index in [1.54, 1.807) is 6.92 Å². The van der Waals surface area contributed by atoms with Crippen LogP contribution in [0.2, 0.25) is 0 Å². The zero-order valence-electron chi connectivity index (χ0n) is 11.8. The second-order valence-corrected chi connectivity index (χ2v) is 5.22. The molecule has 1 aromatic carbocycles. The molecule has 1 atom stereocenters. The van der Waals surface area contributed by atoms with E-state index in [0.717, 1.165) is 25.9 Å². The van der Waals surface area contributed by atoms with Crippen molar-refractivity contribution in [1.29, 1.82) is 0 Å². The lowest BCUT2D eigenvalue weighted by atomic mass is 10.0. The molecular weight excluding hydrogens is 238 g/mol. The standard InChI is InChI=1S/C15H23N3O/c1-11-9-14-10-13(3-4-15(14)18-11)5-6-16-7-8-17-12(2)19/h3-4,10-11,16,18H,5-9H2,1-2H3,(H,17,19). The van der Waals surface area contributed by atoms with Gasteiger partial charge < -0.3 is 16.0 Å². The first kappa shape index (κ1) is 13.9. The fraction of sp³-hybridized carbons (Fsp3) is 0.533. The summed E-state index contributed by atoms with van der Waals surface area (Å²) >= 11 is 0. The maximum atomic E-state index is 10.7. The molecule has 0 fully saturated rings. The summed E-state index contributed by atoms with van der Waals surface area (Å²) in [5.41, 5.74) is 4.10. The molecule has 0 spiro atoms. The number of rotatable bonds is 6. The van der Waals surface area contributed by atoms with Crippen LogP contribution < -0.4 is 16.0 Å². The summed E-state index contributed by atoms with van der Waals surface area (Å²) in [6, 6.07) is 7.24. The van der Waals surface area contributed by atoms with Gasteiger partial charge in [0.15, 0.2) is 0 Å². The molecule has 0 radical (unpaired) electrons. The molecule has 1 aliphatic heterocycles. The van der Waals surface area contributed by atoms with Crippen LogP contribution in [0.1, 0.15) is 25.0 Å². The van der Waals surface area contributed by atoms with E-state index in [1.807, 2.05) is 0 Å². The number of hydrogen-bond donors (Lipinski definition) is 3. The summed E-state index contributed by atoms with van der Waals surface area (Å²) in [6.07, 6.45) is 2.15. The molecule has 2 rings (SSSR count). The summed E-state index contributed by atoms with van der Waals surface area (Å²) in [5, 5.41) is 9.57. The Morgan fingerprint density at radius 3 is 3.00 bits per heavy atom. The predicted octanol–water partition coefficient (Wildman–Crippen LogP) is 1.31. The SMILES string of the molecule is CC(=O)NCCNCCc1ccc2c(c1)CC(C)N2. The Kier molecular flexibility index (Phi) is 4.80. The highest BCUT2D eigenvalue weighted by molar-refractivity contribution is 5.72. The van der Waals surface area contributed by atoms with E-state index in [0.29, 0.717) is 12.6 Å². The van der Waals surface area contributed by atoms with E-state index in [-0.39, 0.29) is 5.91 Å². The van der Waals surface area contributed by atoms with E-state index in [2.05, 4.69) is 41.1 Å². The molecule has 1 aliphatic rings. The molecule has 0 bridgehead atoms. The molecule has 0 aliphatic carbocycles. The van der Waals surface area contributed by atoms with Crippen LogP contribution in [-0.4, -0.2) is 31.6 Å². The van der Waals surface area contributed by atoms with Crippen molar-refractivity contribution in [1.82, 2.24) is 10.6 Å². The highest BCUT2D eigenvalue weighted by Crippen LogP contribution is 2.26. The van der Waals surface area contributed by atoms with Crippen LogP contribution in [0.3, 0.4) is 0 Å². The number of anilines is 1. The van der Waals surface area contributed by atoms with Crippen molar-refractivity contribution in [3.05, 3.63) is 29.3 Å². The lowest BCUT2D eigenvalue weighted by Gasteiger charge is -2.07. The third kappa shape index (κ3) is 4.24. The molecule has 0 saturated carbocycles. The Hall–Kier alpha value is -1.55. The Bertz CT molecular complexity index is 445. The van der Waals surface area contributed by atoms with E-state index in [1.165, 1.54) is 16.8 Å². The molecule has 4 heteroatoms. The van der Waals surface area contributed by atoms with Crippen LogP contribution in [0.5, 0.6) is 0 Å². The Balaban J connectivity index is 1.69. The lowest BCUT2D eigenvalue weighted by molar-refractivity contribution is -0.118. The van der Waals surface area contributed by atoms with Crippen molar-refractivity contribution in [2.45, 2.75) is 32.7 Å².